The van der Waals surface area contributed by atoms with E-state index in [4.69, 9.17) is 16.3 Å². The molecule has 1 aromatic heterocycles. The zero-order valence-corrected chi connectivity index (χ0v) is 16.4. The SMILES string of the molecule is C[C@@H](Nc1c(C(=O)N2CCOCC2)cnc2ccc(Cl)cc12)c1ccccc1. The lowest BCUT2D eigenvalue weighted by Gasteiger charge is -2.28. The average molecular weight is 396 g/mol. The van der Waals surface area contributed by atoms with Crippen molar-refractivity contribution in [3.63, 3.8) is 0 Å². The quantitative estimate of drug-likeness (QED) is 0.705. The second-order valence-corrected chi connectivity index (χ2v) is 7.33. The van der Waals surface area contributed by atoms with Gasteiger partial charge in [0.2, 0.25) is 0 Å². The van der Waals surface area contributed by atoms with Crippen LogP contribution in [0.3, 0.4) is 0 Å². The Morgan fingerprint density at radius 3 is 2.68 bits per heavy atom. The van der Waals surface area contributed by atoms with Gasteiger partial charge in [-0.05, 0) is 30.7 Å². The summed E-state index contributed by atoms with van der Waals surface area (Å²) in [7, 11) is 0. The number of anilines is 1. The largest absolute Gasteiger partial charge is 0.378 e. The first-order valence-corrected chi connectivity index (χ1v) is 9.78. The molecule has 0 unspecified atom stereocenters. The highest BCUT2D eigenvalue weighted by atomic mass is 35.5. The molecule has 0 bridgehead atoms. The first kappa shape index (κ1) is 18.7. The molecule has 2 heterocycles. The lowest BCUT2D eigenvalue weighted by atomic mass is 10.0. The minimum absolute atomic E-state index is 0.0158. The lowest BCUT2D eigenvalue weighted by Crippen LogP contribution is -2.41. The summed E-state index contributed by atoms with van der Waals surface area (Å²) in [5.41, 5.74) is 3.25. The summed E-state index contributed by atoms with van der Waals surface area (Å²) >= 11 is 6.26. The first-order valence-electron chi connectivity index (χ1n) is 9.40. The third kappa shape index (κ3) is 3.81. The van der Waals surface area contributed by atoms with Gasteiger partial charge in [0.05, 0.1) is 30.0 Å². The van der Waals surface area contributed by atoms with Crippen molar-refractivity contribution in [2.75, 3.05) is 31.6 Å². The van der Waals surface area contributed by atoms with Crippen molar-refractivity contribution >= 4 is 34.1 Å². The van der Waals surface area contributed by atoms with Crippen LogP contribution in [0.25, 0.3) is 10.9 Å². The van der Waals surface area contributed by atoms with Gasteiger partial charge < -0.3 is 15.0 Å². The van der Waals surface area contributed by atoms with Crippen LogP contribution in [0.1, 0.15) is 28.9 Å². The van der Waals surface area contributed by atoms with Crippen LogP contribution in [0.5, 0.6) is 0 Å². The highest BCUT2D eigenvalue weighted by molar-refractivity contribution is 6.31. The predicted octanol–water partition coefficient (Wildman–Crippen LogP) is 4.53. The fraction of sp³-hybridized carbons (Fsp3) is 0.273. The number of amides is 1. The molecule has 5 nitrogen and oxygen atoms in total. The normalized spacial score (nSPS) is 15.4. The Labute approximate surface area is 169 Å². The topological polar surface area (TPSA) is 54.5 Å². The zero-order valence-electron chi connectivity index (χ0n) is 15.7. The number of fused-ring (bicyclic) bond motifs is 1. The van der Waals surface area contributed by atoms with E-state index in [0.717, 1.165) is 22.2 Å². The molecule has 1 saturated heterocycles. The number of morpholine rings is 1. The van der Waals surface area contributed by atoms with Crippen LogP contribution in [0.2, 0.25) is 5.02 Å². The summed E-state index contributed by atoms with van der Waals surface area (Å²) in [4.78, 5) is 19.5. The molecule has 1 aliphatic rings. The van der Waals surface area contributed by atoms with Crippen molar-refractivity contribution in [2.45, 2.75) is 13.0 Å². The van der Waals surface area contributed by atoms with Gasteiger partial charge in [0.1, 0.15) is 0 Å². The van der Waals surface area contributed by atoms with E-state index in [-0.39, 0.29) is 11.9 Å². The Kier molecular flexibility index (Phi) is 5.46. The van der Waals surface area contributed by atoms with Crippen LogP contribution in [-0.4, -0.2) is 42.1 Å². The van der Waals surface area contributed by atoms with Crippen LogP contribution < -0.4 is 5.32 Å². The molecule has 2 aromatic carbocycles. The Morgan fingerprint density at radius 1 is 1.18 bits per heavy atom. The van der Waals surface area contributed by atoms with Gasteiger partial charge in [-0.1, -0.05) is 41.9 Å². The molecule has 0 saturated carbocycles. The van der Waals surface area contributed by atoms with Crippen molar-refractivity contribution in [3.8, 4) is 0 Å². The molecule has 1 N–H and O–H groups in total. The standard InChI is InChI=1S/C22H22ClN3O2/c1-15(16-5-3-2-4-6-16)25-21-18-13-17(23)7-8-20(18)24-14-19(21)22(27)26-9-11-28-12-10-26/h2-8,13-15H,9-12H2,1H3,(H,24,25)/t15-/m1/s1. The van der Waals surface area contributed by atoms with Crippen molar-refractivity contribution < 1.29 is 9.53 Å². The lowest BCUT2D eigenvalue weighted by molar-refractivity contribution is 0.0303. The molecule has 1 aliphatic heterocycles. The van der Waals surface area contributed by atoms with Gasteiger partial charge in [-0.15, -0.1) is 0 Å². The third-order valence-electron chi connectivity index (χ3n) is 5.02. The highest BCUT2D eigenvalue weighted by Gasteiger charge is 2.24. The minimum atomic E-state index is -0.0413. The van der Waals surface area contributed by atoms with Crippen molar-refractivity contribution in [1.29, 1.82) is 0 Å². The summed E-state index contributed by atoms with van der Waals surface area (Å²) in [6.45, 7) is 4.36. The number of benzene rings is 2. The van der Waals surface area contributed by atoms with E-state index in [9.17, 15) is 4.79 Å². The average Bonchev–Trinajstić information content (AvgIpc) is 2.75. The molecular weight excluding hydrogens is 374 g/mol. The number of carbonyl (C=O) groups excluding carboxylic acids is 1. The Bertz CT molecular complexity index is 988. The van der Waals surface area contributed by atoms with Crippen LogP contribution in [0.4, 0.5) is 5.69 Å². The van der Waals surface area contributed by atoms with E-state index in [0.29, 0.717) is 36.9 Å². The van der Waals surface area contributed by atoms with Crippen LogP contribution >= 0.6 is 11.6 Å². The maximum absolute atomic E-state index is 13.2. The van der Waals surface area contributed by atoms with Gasteiger partial charge >= 0.3 is 0 Å². The fourth-order valence-electron chi connectivity index (χ4n) is 3.46. The van der Waals surface area contributed by atoms with Gasteiger partial charge in [0, 0.05) is 35.7 Å². The van der Waals surface area contributed by atoms with E-state index in [1.165, 1.54) is 0 Å². The summed E-state index contributed by atoms with van der Waals surface area (Å²) in [6, 6.07) is 15.7. The zero-order chi connectivity index (χ0) is 19.5. The number of nitrogens with one attached hydrogen (secondary N) is 1. The summed E-state index contributed by atoms with van der Waals surface area (Å²) in [6.07, 6.45) is 1.66. The second kappa shape index (κ2) is 8.17. The molecular formula is C22H22ClN3O2. The predicted molar refractivity (Wildman–Crippen MR) is 112 cm³/mol. The summed E-state index contributed by atoms with van der Waals surface area (Å²) in [5, 5.41) is 4.99. The van der Waals surface area contributed by atoms with Gasteiger partial charge in [-0.3, -0.25) is 9.78 Å². The van der Waals surface area contributed by atoms with Crippen LogP contribution in [0, 0.1) is 0 Å². The van der Waals surface area contributed by atoms with Gasteiger partial charge in [0.15, 0.2) is 0 Å². The van der Waals surface area contributed by atoms with E-state index in [1.54, 1.807) is 6.20 Å². The Hall–Kier alpha value is -2.63. The van der Waals surface area contributed by atoms with Crippen LogP contribution in [0.15, 0.2) is 54.7 Å². The number of carbonyl (C=O) groups is 1. The molecule has 3 aromatic rings. The third-order valence-corrected chi connectivity index (χ3v) is 5.25. The Balaban J connectivity index is 1.78. The first-order chi connectivity index (χ1) is 13.6. The summed E-state index contributed by atoms with van der Waals surface area (Å²) < 4.78 is 5.38. The number of ether oxygens (including phenoxy) is 1. The number of halogens is 1. The molecule has 0 aliphatic carbocycles. The van der Waals surface area contributed by atoms with E-state index in [1.807, 2.05) is 41.3 Å². The number of rotatable bonds is 4. The van der Waals surface area contributed by atoms with E-state index < -0.39 is 0 Å². The molecule has 0 radical (unpaired) electrons. The van der Waals surface area contributed by atoms with Crippen molar-refractivity contribution in [1.82, 2.24) is 9.88 Å². The highest BCUT2D eigenvalue weighted by Crippen LogP contribution is 2.32. The van der Waals surface area contributed by atoms with Gasteiger partial charge in [-0.2, -0.15) is 0 Å². The molecule has 1 fully saturated rings. The maximum Gasteiger partial charge on any atom is 0.257 e. The molecule has 144 valence electrons. The molecule has 28 heavy (non-hydrogen) atoms. The van der Waals surface area contributed by atoms with Gasteiger partial charge in [-0.25, -0.2) is 0 Å². The second-order valence-electron chi connectivity index (χ2n) is 6.89. The molecule has 4 rings (SSSR count). The fourth-order valence-corrected chi connectivity index (χ4v) is 3.63. The number of hydrogen-bond donors (Lipinski definition) is 1. The maximum atomic E-state index is 13.2. The number of pyridine rings is 1. The number of hydrogen-bond acceptors (Lipinski definition) is 4. The Morgan fingerprint density at radius 2 is 1.93 bits per heavy atom. The molecule has 1 amide bonds. The molecule has 0 spiro atoms. The van der Waals surface area contributed by atoms with Crippen molar-refractivity contribution in [2.24, 2.45) is 0 Å². The molecule has 1 atom stereocenters. The number of nitrogens with zero attached hydrogens (tertiary/aromatic N) is 2. The van der Waals surface area contributed by atoms with Crippen molar-refractivity contribution in [3.05, 3.63) is 70.9 Å². The minimum Gasteiger partial charge on any atom is -0.378 e. The molecule has 6 heteroatoms. The van der Waals surface area contributed by atoms with Crippen LogP contribution in [-0.2, 0) is 4.74 Å². The summed E-state index contributed by atoms with van der Waals surface area (Å²) in [5.74, 6) is -0.0413. The van der Waals surface area contributed by atoms with E-state index in [2.05, 4.69) is 29.4 Å². The van der Waals surface area contributed by atoms with Gasteiger partial charge in [0.25, 0.3) is 5.91 Å². The smallest absolute Gasteiger partial charge is 0.257 e. The van der Waals surface area contributed by atoms with E-state index >= 15 is 0 Å². The number of aromatic nitrogens is 1. The monoisotopic (exact) mass is 395 g/mol.